The van der Waals surface area contributed by atoms with Gasteiger partial charge in [0.25, 0.3) is 0 Å². The van der Waals surface area contributed by atoms with E-state index in [9.17, 15) is 8.42 Å². The maximum absolute atomic E-state index is 12.9. The molecular weight excluding hydrogens is 326 g/mol. The van der Waals surface area contributed by atoms with Crippen LogP contribution in [-0.2, 0) is 23.6 Å². The zero-order chi connectivity index (χ0) is 17.3. The third kappa shape index (κ3) is 2.76. The molecule has 3 rings (SSSR count). The van der Waals surface area contributed by atoms with Gasteiger partial charge < -0.3 is 9.30 Å². The minimum Gasteiger partial charge on any atom is -0.495 e. The fourth-order valence-corrected chi connectivity index (χ4v) is 3.90. The van der Waals surface area contributed by atoms with E-state index >= 15 is 0 Å². The highest BCUT2D eigenvalue weighted by Gasteiger charge is 2.25. The normalized spacial score (nSPS) is 12.0. The Balaban J connectivity index is 1.96. The minimum atomic E-state index is -3.68. The van der Waals surface area contributed by atoms with Crippen molar-refractivity contribution in [3.63, 3.8) is 0 Å². The average molecular weight is 345 g/mol. The quantitative estimate of drug-likeness (QED) is 0.712. The first-order valence-corrected chi connectivity index (χ1v) is 8.89. The Morgan fingerprint density at radius 1 is 1.12 bits per heavy atom. The van der Waals surface area contributed by atoms with Gasteiger partial charge in [-0.25, -0.2) is 13.4 Å². The van der Waals surface area contributed by atoms with Crippen LogP contribution in [0.15, 0.2) is 53.4 Å². The molecule has 0 saturated carbocycles. The Bertz CT molecular complexity index is 980. The molecule has 0 N–H and O–H groups in total. The topological polar surface area (TPSA) is 64.4 Å². The fourth-order valence-electron chi connectivity index (χ4n) is 2.62. The molecule has 7 heteroatoms. The van der Waals surface area contributed by atoms with Gasteiger partial charge in [0.1, 0.15) is 16.5 Å². The van der Waals surface area contributed by atoms with Gasteiger partial charge in [-0.3, -0.25) is 0 Å². The lowest BCUT2D eigenvalue weighted by molar-refractivity contribution is 0.396. The molecule has 1 heterocycles. The van der Waals surface area contributed by atoms with Gasteiger partial charge in [0.2, 0.25) is 10.0 Å². The van der Waals surface area contributed by atoms with Crippen LogP contribution >= 0.6 is 0 Å². The molecule has 0 unspecified atom stereocenters. The molecule has 0 atom stereocenters. The van der Waals surface area contributed by atoms with E-state index in [-0.39, 0.29) is 11.4 Å². The molecule has 3 aromatic rings. The first-order chi connectivity index (χ1) is 11.4. The van der Waals surface area contributed by atoms with E-state index in [1.807, 2.05) is 35.9 Å². The molecule has 0 bridgehead atoms. The summed E-state index contributed by atoms with van der Waals surface area (Å²) < 4.78 is 34.1. The van der Waals surface area contributed by atoms with Gasteiger partial charge in [-0.1, -0.05) is 24.3 Å². The van der Waals surface area contributed by atoms with Crippen LogP contribution in [0.2, 0.25) is 0 Å². The van der Waals surface area contributed by atoms with E-state index in [0.717, 1.165) is 11.0 Å². The van der Waals surface area contributed by atoms with E-state index in [1.165, 1.54) is 11.4 Å². The fraction of sp³-hybridized carbons (Fsp3) is 0.235. The van der Waals surface area contributed by atoms with Gasteiger partial charge in [-0.2, -0.15) is 4.31 Å². The number of fused-ring (bicyclic) bond motifs is 1. The number of benzene rings is 2. The number of nitrogens with zero attached hydrogens (tertiary/aromatic N) is 3. The number of para-hydroxylation sites is 3. The summed E-state index contributed by atoms with van der Waals surface area (Å²) >= 11 is 0. The molecule has 0 fully saturated rings. The predicted molar refractivity (Wildman–Crippen MR) is 92.4 cm³/mol. The highest BCUT2D eigenvalue weighted by atomic mass is 32.2. The second-order valence-electron chi connectivity index (χ2n) is 5.49. The lowest BCUT2D eigenvalue weighted by Gasteiger charge is -2.18. The lowest BCUT2D eigenvalue weighted by Crippen LogP contribution is -2.28. The van der Waals surface area contributed by atoms with Crippen molar-refractivity contribution >= 4 is 21.1 Å². The molecule has 126 valence electrons. The van der Waals surface area contributed by atoms with Crippen LogP contribution in [0, 0.1) is 0 Å². The van der Waals surface area contributed by atoms with E-state index in [1.54, 1.807) is 31.3 Å². The van der Waals surface area contributed by atoms with Crippen molar-refractivity contribution in [3.8, 4) is 5.75 Å². The molecule has 0 aliphatic heterocycles. The predicted octanol–water partition coefficient (Wildman–Crippen LogP) is 2.40. The van der Waals surface area contributed by atoms with E-state index in [2.05, 4.69) is 4.98 Å². The monoisotopic (exact) mass is 345 g/mol. The molecule has 0 saturated heterocycles. The number of aryl methyl sites for hydroxylation is 1. The van der Waals surface area contributed by atoms with Crippen molar-refractivity contribution in [2.45, 2.75) is 11.4 Å². The SMILES string of the molecule is COc1ccccc1S(=O)(=O)N(C)Cc1nc2ccccc2n1C. The Morgan fingerprint density at radius 3 is 2.50 bits per heavy atom. The summed E-state index contributed by atoms with van der Waals surface area (Å²) in [7, 11) is 1.20. The van der Waals surface area contributed by atoms with E-state index < -0.39 is 10.0 Å². The Labute approximate surface area is 141 Å². The standard InChI is InChI=1S/C17H19N3O3S/c1-19(24(21,22)16-11-7-6-10-15(16)23-3)12-17-18-13-8-4-5-9-14(13)20(17)2/h4-11H,12H2,1-3H3. The maximum atomic E-state index is 12.9. The molecular formula is C17H19N3O3S. The molecule has 0 spiro atoms. The van der Waals surface area contributed by atoms with Gasteiger partial charge >= 0.3 is 0 Å². The number of methoxy groups -OCH3 is 1. The third-order valence-corrected chi connectivity index (χ3v) is 5.84. The molecule has 2 aromatic carbocycles. The van der Waals surface area contributed by atoms with Crippen LogP contribution in [0.5, 0.6) is 5.75 Å². The summed E-state index contributed by atoms with van der Waals surface area (Å²) in [5.74, 6) is 1.01. The first-order valence-electron chi connectivity index (χ1n) is 7.45. The number of hydrogen-bond donors (Lipinski definition) is 0. The molecule has 0 amide bonds. The van der Waals surface area contributed by atoms with Gasteiger partial charge in [0.15, 0.2) is 0 Å². The van der Waals surface area contributed by atoms with Crippen molar-refractivity contribution in [3.05, 3.63) is 54.4 Å². The Morgan fingerprint density at radius 2 is 1.79 bits per heavy atom. The van der Waals surface area contributed by atoms with Crippen LogP contribution in [0.4, 0.5) is 0 Å². The zero-order valence-electron chi connectivity index (χ0n) is 13.8. The summed E-state index contributed by atoms with van der Waals surface area (Å²) in [6, 6.07) is 14.3. The molecule has 0 aliphatic carbocycles. The smallest absolute Gasteiger partial charge is 0.246 e. The van der Waals surface area contributed by atoms with Crippen molar-refractivity contribution in [1.82, 2.24) is 13.9 Å². The zero-order valence-corrected chi connectivity index (χ0v) is 14.6. The largest absolute Gasteiger partial charge is 0.495 e. The van der Waals surface area contributed by atoms with Crippen LogP contribution in [0.25, 0.3) is 11.0 Å². The molecule has 24 heavy (non-hydrogen) atoms. The molecule has 6 nitrogen and oxygen atoms in total. The Kier molecular flexibility index (Phi) is 4.29. The average Bonchev–Trinajstić information content (AvgIpc) is 2.91. The number of imidazole rings is 1. The van der Waals surface area contributed by atoms with Crippen LogP contribution in [-0.4, -0.2) is 36.4 Å². The first kappa shape index (κ1) is 16.5. The molecule has 1 aromatic heterocycles. The van der Waals surface area contributed by atoms with Gasteiger partial charge in [-0.15, -0.1) is 0 Å². The van der Waals surface area contributed by atoms with Crippen LogP contribution in [0.3, 0.4) is 0 Å². The van der Waals surface area contributed by atoms with Crippen LogP contribution < -0.4 is 4.74 Å². The summed E-state index contributed by atoms with van der Waals surface area (Å²) in [5, 5.41) is 0. The highest BCUT2D eigenvalue weighted by Crippen LogP contribution is 2.26. The number of aromatic nitrogens is 2. The van der Waals surface area contributed by atoms with Crippen molar-refractivity contribution < 1.29 is 13.2 Å². The van der Waals surface area contributed by atoms with Gasteiger partial charge in [0.05, 0.1) is 24.7 Å². The summed E-state index contributed by atoms with van der Waals surface area (Å²) in [4.78, 5) is 4.67. The van der Waals surface area contributed by atoms with Crippen molar-refractivity contribution in [2.75, 3.05) is 14.2 Å². The second-order valence-corrected chi connectivity index (χ2v) is 7.50. The minimum absolute atomic E-state index is 0.147. The third-order valence-electron chi connectivity index (χ3n) is 4.00. The maximum Gasteiger partial charge on any atom is 0.246 e. The van der Waals surface area contributed by atoms with Gasteiger partial charge in [0, 0.05) is 14.1 Å². The number of ether oxygens (including phenoxy) is 1. The summed E-state index contributed by atoms with van der Waals surface area (Å²) in [6.07, 6.45) is 0. The number of sulfonamides is 1. The van der Waals surface area contributed by atoms with Gasteiger partial charge in [-0.05, 0) is 24.3 Å². The number of rotatable bonds is 5. The van der Waals surface area contributed by atoms with Crippen molar-refractivity contribution in [2.24, 2.45) is 7.05 Å². The molecule has 0 aliphatic rings. The Hall–Kier alpha value is -2.38. The van der Waals surface area contributed by atoms with Crippen molar-refractivity contribution in [1.29, 1.82) is 0 Å². The van der Waals surface area contributed by atoms with Crippen LogP contribution in [0.1, 0.15) is 5.82 Å². The lowest BCUT2D eigenvalue weighted by atomic mass is 10.3. The molecule has 0 radical (unpaired) electrons. The summed E-state index contributed by atoms with van der Waals surface area (Å²) in [6.45, 7) is 0.172. The van der Waals surface area contributed by atoms with E-state index in [0.29, 0.717) is 11.6 Å². The van der Waals surface area contributed by atoms with E-state index in [4.69, 9.17) is 4.74 Å². The number of hydrogen-bond acceptors (Lipinski definition) is 4. The highest BCUT2D eigenvalue weighted by molar-refractivity contribution is 7.89. The summed E-state index contributed by atoms with van der Waals surface area (Å²) in [5.41, 5.74) is 1.81. The second kappa shape index (κ2) is 6.26.